The van der Waals surface area contributed by atoms with E-state index in [4.69, 9.17) is 0 Å². The van der Waals surface area contributed by atoms with Crippen molar-refractivity contribution >= 4 is 41.9 Å². The van der Waals surface area contributed by atoms with Crippen molar-refractivity contribution < 1.29 is 22.7 Å². The minimum atomic E-state index is -3.58. The van der Waals surface area contributed by atoms with Gasteiger partial charge in [0.25, 0.3) is 5.91 Å². The highest BCUT2D eigenvalue weighted by Crippen LogP contribution is 2.37. The van der Waals surface area contributed by atoms with E-state index in [-0.39, 0.29) is 35.9 Å². The molecule has 11 heteroatoms. The molecule has 162 valence electrons. The first kappa shape index (κ1) is 21.4. The van der Waals surface area contributed by atoms with Gasteiger partial charge < -0.3 is 10.4 Å². The number of rotatable bonds is 5. The second-order valence-corrected chi connectivity index (χ2v) is 9.50. The van der Waals surface area contributed by atoms with Crippen LogP contribution in [-0.4, -0.2) is 41.7 Å². The van der Waals surface area contributed by atoms with Crippen molar-refractivity contribution in [1.29, 1.82) is 0 Å². The predicted octanol–water partition coefficient (Wildman–Crippen LogP) is 2.32. The number of pyridine rings is 2. The maximum Gasteiger partial charge on any atom is 0.274 e. The molecule has 2 N–H and O–H groups in total. The van der Waals surface area contributed by atoms with Crippen LogP contribution in [0, 0.1) is 5.82 Å². The van der Waals surface area contributed by atoms with Crippen LogP contribution in [0.3, 0.4) is 0 Å². The van der Waals surface area contributed by atoms with Gasteiger partial charge >= 0.3 is 0 Å². The first-order valence-electron chi connectivity index (χ1n) is 9.55. The smallest absolute Gasteiger partial charge is 0.274 e. The van der Waals surface area contributed by atoms with Gasteiger partial charge in [-0.05, 0) is 41.9 Å². The highest BCUT2D eigenvalue weighted by atomic mass is 32.2. The summed E-state index contributed by atoms with van der Waals surface area (Å²) < 4.78 is 39.4. The van der Waals surface area contributed by atoms with Gasteiger partial charge in [0, 0.05) is 19.3 Å². The molecule has 1 atom stereocenters. The number of carbonyl (C=O) groups is 1. The van der Waals surface area contributed by atoms with Crippen LogP contribution in [0.1, 0.15) is 28.0 Å². The number of fused-ring (bicyclic) bond motifs is 1. The molecule has 1 unspecified atom stereocenters. The van der Waals surface area contributed by atoms with Gasteiger partial charge in [-0.15, -0.1) is 9.24 Å². The van der Waals surface area contributed by atoms with Crippen LogP contribution in [0.5, 0.6) is 5.75 Å². The third-order valence-electron chi connectivity index (χ3n) is 5.06. The summed E-state index contributed by atoms with van der Waals surface area (Å²) in [5.74, 6) is -1.44. The van der Waals surface area contributed by atoms with Crippen molar-refractivity contribution in [2.24, 2.45) is 0 Å². The SMILES string of the molecule is O=C(NCc1ccc(F)cc1)c1nc(N2CCCS2(=O)=O)c2c(CP)ccnc2c1O. The van der Waals surface area contributed by atoms with Crippen LogP contribution in [0.25, 0.3) is 10.9 Å². The van der Waals surface area contributed by atoms with Crippen LogP contribution >= 0.6 is 9.24 Å². The van der Waals surface area contributed by atoms with E-state index in [2.05, 4.69) is 24.5 Å². The van der Waals surface area contributed by atoms with Crippen molar-refractivity contribution in [2.45, 2.75) is 19.1 Å². The van der Waals surface area contributed by atoms with Crippen molar-refractivity contribution in [3.05, 3.63) is 59.2 Å². The van der Waals surface area contributed by atoms with Gasteiger partial charge in [0.2, 0.25) is 10.0 Å². The number of hydrogen-bond acceptors (Lipinski definition) is 6. The number of nitrogens with zero attached hydrogens (tertiary/aromatic N) is 3. The Bertz CT molecular complexity index is 1270. The van der Waals surface area contributed by atoms with Crippen molar-refractivity contribution in [3.8, 4) is 5.75 Å². The third kappa shape index (κ3) is 4.05. The van der Waals surface area contributed by atoms with E-state index in [0.29, 0.717) is 23.5 Å². The topological polar surface area (TPSA) is 112 Å². The fourth-order valence-corrected chi connectivity index (χ4v) is 5.37. The van der Waals surface area contributed by atoms with Gasteiger partial charge in [-0.1, -0.05) is 12.1 Å². The molecule has 31 heavy (non-hydrogen) atoms. The quantitative estimate of drug-likeness (QED) is 0.563. The van der Waals surface area contributed by atoms with E-state index >= 15 is 0 Å². The van der Waals surface area contributed by atoms with Gasteiger partial charge in [0.05, 0.1) is 11.1 Å². The molecule has 0 aliphatic carbocycles. The Morgan fingerprint density at radius 2 is 2.00 bits per heavy atom. The molecule has 1 saturated heterocycles. The zero-order valence-corrected chi connectivity index (χ0v) is 18.3. The lowest BCUT2D eigenvalue weighted by Gasteiger charge is -2.21. The molecular weight excluding hydrogens is 442 g/mol. The maximum atomic E-state index is 13.1. The van der Waals surface area contributed by atoms with Crippen LogP contribution in [0.4, 0.5) is 10.2 Å². The van der Waals surface area contributed by atoms with E-state index in [1.54, 1.807) is 6.07 Å². The summed E-state index contributed by atoms with van der Waals surface area (Å²) in [7, 11) is -1.03. The third-order valence-corrected chi connectivity index (χ3v) is 7.34. The molecule has 1 fully saturated rings. The Balaban J connectivity index is 1.79. The average molecular weight is 462 g/mol. The van der Waals surface area contributed by atoms with Crippen LogP contribution in [0.15, 0.2) is 36.5 Å². The standard InChI is InChI=1S/C20H20FN4O4PS/c21-14-4-2-12(3-5-14)10-23-20(27)17-18(26)16-15(13(11-30)6-7-22-16)19(24-17)25-8-1-9-31(25,28)29/h2-7,26H,1,8-11,30H2,(H,23,27). The Morgan fingerprint density at radius 3 is 2.65 bits per heavy atom. The highest BCUT2D eigenvalue weighted by molar-refractivity contribution is 7.93. The molecule has 4 rings (SSSR count). The first-order valence-corrected chi connectivity index (χ1v) is 12.0. The molecule has 8 nitrogen and oxygen atoms in total. The summed E-state index contributed by atoms with van der Waals surface area (Å²) in [5, 5.41) is 13.8. The Kier molecular flexibility index (Phi) is 5.77. The van der Waals surface area contributed by atoms with E-state index in [0.717, 1.165) is 5.56 Å². The van der Waals surface area contributed by atoms with E-state index in [1.807, 2.05) is 0 Å². The zero-order valence-electron chi connectivity index (χ0n) is 16.4. The Hall–Kier alpha value is -2.84. The summed E-state index contributed by atoms with van der Waals surface area (Å²) in [4.78, 5) is 21.3. The number of aromatic hydroxyl groups is 1. The van der Waals surface area contributed by atoms with Gasteiger partial charge in [0.1, 0.15) is 11.3 Å². The number of amides is 1. The monoisotopic (exact) mass is 462 g/mol. The maximum absolute atomic E-state index is 13.1. The highest BCUT2D eigenvalue weighted by Gasteiger charge is 2.33. The van der Waals surface area contributed by atoms with Gasteiger partial charge in [-0.25, -0.2) is 17.8 Å². The molecule has 2 aromatic heterocycles. The minimum absolute atomic E-state index is 0.0143. The van der Waals surface area contributed by atoms with Crippen molar-refractivity contribution in [2.75, 3.05) is 16.6 Å². The van der Waals surface area contributed by atoms with Crippen molar-refractivity contribution in [3.63, 3.8) is 0 Å². The Labute approximate surface area is 180 Å². The number of carbonyl (C=O) groups excluding carboxylic acids is 1. The first-order chi connectivity index (χ1) is 14.8. The number of anilines is 1. The second-order valence-electron chi connectivity index (χ2n) is 7.08. The predicted molar refractivity (Wildman–Crippen MR) is 118 cm³/mol. The lowest BCUT2D eigenvalue weighted by molar-refractivity contribution is 0.0943. The van der Waals surface area contributed by atoms with E-state index < -0.39 is 27.5 Å². The molecule has 1 amide bonds. The minimum Gasteiger partial charge on any atom is -0.504 e. The molecule has 3 aromatic rings. The summed E-state index contributed by atoms with van der Waals surface area (Å²) in [6, 6.07) is 7.32. The van der Waals surface area contributed by atoms with Crippen LogP contribution in [0.2, 0.25) is 0 Å². The molecule has 1 aromatic carbocycles. The average Bonchev–Trinajstić information content (AvgIpc) is 3.12. The molecule has 0 radical (unpaired) electrons. The normalized spacial score (nSPS) is 15.4. The number of sulfonamides is 1. The van der Waals surface area contributed by atoms with E-state index in [9.17, 15) is 22.7 Å². The lowest BCUT2D eigenvalue weighted by atomic mass is 10.1. The number of aromatic nitrogens is 2. The zero-order chi connectivity index (χ0) is 22.2. The molecule has 0 bridgehead atoms. The molecule has 0 spiro atoms. The van der Waals surface area contributed by atoms with E-state index in [1.165, 1.54) is 34.8 Å². The summed E-state index contributed by atoms with van der Waals surface area (Å²) >= 11 is 0. The fraction of sp³-hybridized carbons (Fsp3) is 0.250. The van der Waals surface area contributed by atoms with Crippen LogP contribution in [-0.2, 0) is 22.7 Å². The molecule has 0 saturated carbocycles. The lowest BCUT2D eigenvalue weighted by Crippen LogP contribution is -2.29. The van der Waals surface area contributed by atoms with Gasteiger partial charge in [-0.3, -0.25) is 14.1 Å². The number of hydrogen-bond donors (Lipinski definition) is 2. The Morgan fingerprint density at radius 1 is 1.26 bits per heavy atom. The molecule has 3 heterocycles. The summed E-state index contributed by atoms with van der Waals surface area (Å²) in [6.45, 7) is 0.311. The molecule has 1 aliphatic rings. The number of nitrogens with one attached hydrogen (secondary N) is 1. The van der Waals surface area contributed by atoms with Gasteiger partial charge in [-0.2, -0.15) is 0 Å². The van der Waals surface area contributed by atoms with Crippen LogP contribution < -0.4 is 9.62 Å². The number of benzene rings is 1. The molecule has 1 aliphatic heterocycles. The van der Waals surface area contributed by atoms with Crippen molar-refractivity contribution in [1.82, 2.24) is 15.3 Å². The molecular formula is C20H20FN4O4PS. The largest absolute Gasteiger partial charge is 0.504 e. The summed E-state index contributed by atoms with van der Waals surface area (Å²) in [6.07, 6.45) is 2.41. The number of halogens is 1. The van der Waals surface area contributed by atoms with Gasteiger partial charge in [0.15, 0.2) is 17.3 Å². The fourth-order valence-electron chi connectivity index (χ4n) is 3.51. The summed E-state index contributed by atoms with van der Waals surface area (Å²) in [5.41, 5.74) is 1.17. The second kappa shape index (κ2) is 8.36.